The van der Waals surface area contributed by atoms with Crippen LogP contribution in [0.3, 0.4) is 0 Å². The summed E-state index contributed by atoms with van der Waals surface area (Å²) in [6.45, 7) is 4.23. The van der Waals surface area contributed by atoms with Crippen molar-refractivity contribution in [3.63, 3.8) is 0 Å². The zero-order valence-corrected chi connectivity index (χ0v) is 13.3. The summed E-state index contributed by atoms with van der Waals surface area (Å²) in [7, 11) is 0. The van der Waals surface area contributed by atoms with Crippen molar-refractivity contribution in [3.05, 3.63) is 34.7 Å². The van der Waals surface area contributed by atoms with Crippen molar-refractivity contribution >= 4 is 22.9 Å². The minimum atomic E-state index is -0.0434. The minimum absolute atomic E-state index is 0.0275. The van der Waals surface area contributed by atoms with Gasteiger partial charge in [0.2, 0.25) is 5.91 Å². The lowest BCUT2D eigenvalue weighted by Gasteiger charge is -2.23. The van der Waals surface area contributed by atoms with E-state index in [1.165, 1.54) is 0 Å². The van der Waals surface area contributed by atoms with Crippen LogP contribution in [0.2, 0.25) is 0 Å². The predicted octanol–water partition coefficient (Wildman–Crippen LogP) is 2.44. The molecule has 6 heteroatoms. The molecule has 0 bridgehead atoms. The molecule has 0 spiro atoms. The Morgan fingerprint density at radius 1 is 1.55 bits per heavy atom. The molecular weight excluding hydrogens is 298 g/mol. The summed E-state index contributed by atoms with van der Waals surface area (Å²) < 4.78 is 5.55. The summed E-state index contributed by atoms with van der Waals surface area (Å²) in [4.78, 5) is 16.6. The number of aromatic nitrogens is 1. The SMILES string of the molecule is Cc1nc(-c2cccc(NC(=O)CC3CNCCO3)c2)cs1. The second-order valence-corrected chi connectivity index (χ2v) is 6.34. The number of anilines is 1. The number of carbonyl (C=O) groups excluding carboxylic acids is 1. The molecule has 1 aliphatic rings. The minimum Gasteiger partial charge on any atom is -0.375 e. The van der Waals surface area contributed by atoms with Crippen LogP contribution >= 0.6 is 11.3 Å². The first-order chi connectivity index (χ1) is 10.7. The van der Waals surface area contributed by atoms with Gasteiger partial charge < -0.3 is 15.4 Å². The van der Waals surface area contributed by atoms with Gasteiger partial charge in [0.1, 0.15) is 0 Å². The van der Waals surface area contributed by atoms with Crippen LogP contribution in [0, 0.1) is 6.92 Å². The lowest BCUT2D eigenvalue weighted by atomic mass is 10.1. The van der Waals surface area contributed by atoms with E-state index in [1.54, 1.807) is 11.3 Å². The maximum Gasteiger partial charge on any atom is 0.227 e. The number of benzene rings is 1. The number of ether oxygens (including phenoxy) is 1. The Kier molecular flexibility index (Phi) is 4.82. The summed E-state index contributed by atoms with van der Waals surface area (Å²) in [5.74, 6) is -0.0275. The van der Waals surface area contributed by atoms with Crippen molar-refractivity contribution in [1.29, 1.82) is 0 Å². The molecule has 2 aromatic rings. The first-order valence-electron chi connectivity index (χ1n) is 7.35. The zero-order valence-electron chi connectivity index (χ0n) is 12.5. The van der Waals surface area contributed by atoms with E-state index < -0.39 is 0 Å². The summed E-state index contributed by atoms with van der Waals surface area (Å²) in [6, 6.07) is 7.77. The molecule has 1 aromatic heterocycles. The number of carbonyl (C=O) groups is 1. The molecule has 1 saturated heterocycles. The molecule has 3 rings (SSSR count). The first-order valence-corrected chi connectivity index (χ1v) is 8.23. The Labute approximate surface area is 133 Å². The van der Waals surface area contributed by atoms with E-state index in [0.717, 1.165) is 35.0 Å². The van der Waals surface area contributed by atoms with Gasteiger partial charge in [0.05, 0.1) is 29.8 Å². The van der Waals surface area contributed by atoms with Gasteiger partial charge in [0.25, 0.3) is 0 Å². The lowest BCUT2D eigenvalue weighted by Crippen LogP contribution is -2.40. The monoisotopic (exact) mass is 317 g/mol. The third-order valence-electron chi connectivity index (χ3n) is 3.48. The van der Waals surface area contributed by atoms with Crippen molar-refractivity contribution in [3.8, 4) is 11.3 Å². The Morgan fingerprint density at radius 2 is 2.45 bits per heavy atom. The summed E-state index contributed by atoms with van der Waals surface area (Å²) >= 11 is 1.62. The maximum absolute atomic E-state index is 12.1. The summed E-state index contributed by atoms with van der Waals surface area (Å²) in [5, 5.41) is 9.22. The fourth-order valence-corrected chi connectivity index (χ4v) is 3.04. The second-order valence-electron chi connectivity index (χ2n) is 5.28. The molecule has 1 unspecified atom stereocenters. The molecule has 1 aliphatic heterocycles. The average molecular weight is 317 g/mol. The van der Waals surface area contributed by atoms with Crippen molar-refractivity contribution in [2.24, 2.45) is 0 Å². The van der Waals surface area contributed by atoms with Gasteiger partial charge in [-0.25, -0.2) is 4.98 Å². The highest BCUT2D eigenvalue weighted by Gasteiger charge is 2.17. The molecule has 2 heterocycles. The number of amides is 1. The number of nitrogens with zero attached hydrogens (tertiary/aromatic N) is 1. The fourth-order valence-electron chi connectivity index (χ4n) is 2.42. The lowest BCUT2D eigenvalue weighted by molar-refractivity contribution is -0.119. The Morgan fingerprint density at radius 3 is 3.18 bits per heavy atom. The molecule has 2 N–H and O–H groups in total. The standard InChI is InChI=1S/C16H19N3O2S/c1-11-18-15(10-22-11)12-3-2-4-13(7-12)19-16(20)8-14-9-17-5-6-21-14/h2-4,7,10,14,17H,5-6,8-9H2,1H3,(H,19,20). The van der Waals surface area contributed by atoms with Crippen LogP contribution in [0.4, 0.5) is 5.69 Å². The van der Waals surface area contributed by atoms with Gasteiger partial charge in [-0.1, -0.05) is 12.1 Å². The zero-order chi connectivity index (χ0) is 15.4. The normalized spacial score (nSPS) is 18.1. The summed E-state index contributed by atoms with van der Waals surface area (Å²) in [5.41, 5.74) is 2.74. The molecule has 1 amide bonds. The van der Waals surface area contributed by atoms with Gasteiger partial charge in [0, 0.05) is 29.7 Å². The van der Waals surface area contributed by atoms with E-state index in [-0.39, 0.29) is 12.0 Å². The van der Waals surface area contributed by atoms with Gasteiger partial charge in [-0.05, 0) is 19.1 Å². The van der Waals surface area contributed by atoms with E-state index in [4.69, 9.17) is 4.74 Å². The Balaban J connectivity index is 1.63. The fraction of sp³-hybridized carbons (Fsp3) is 0.375. The number of rotatable bonds is 4. The highest BCUT2D eigenvalue weighted by molar-refractivity contribution is 7.09. The number of nitrogens with one attached hydrogen (secondary N) is 2. The molecule has 0 saturated carbocycles. The molecule has 5 nitrogen and oxygen atoms in total. The number of morpholine rings is 1. The third-order valence-corrected chi connectivity index (χ3v) is 4.25. The van der Waals surface area contributed by atoms with E-state index in [9.17, 15) is 4.79 Å². The number of thiazole rings is 1. The van der Waals surface area contributed by atoms with Crippen LogP contribution in [0.15, 0.2) is 29.6 Å². The Bertz CT molecular complexity index is 650. The molecule has 1 fully saturated rings. The molecular formula is C16H19N3O2S. The highest BCUT2D eigenvalue weighted by Crippen LogP contribution is 2.24. The van der Waals surface area contributed by atoms with Crippen molar-refractivity contribution in [2.45, 2.75) is 19.4 Å². The van der Waals surface area contributed by atoms with Crippen LogP contribution < -0.4 is 10.6 Å². The largest absolute Gasteiger partial charge is 0.375 e. The van der Waals surface area contributed by atoms with Gasteiger partial charge in [0.15, 0.2) is 0 Å². The second kappa shape index (κ2) is 7.00. The van der Waals surface area contributed by atoms with Gasteiger partial charge in [-0.2, -0.15) is 0 Å². The van der Waals surface area contributed by atoms with Crippen LogP contribution in [0.5, 0.6) is 0 Å². The molecule has 116 valence electrons. The summed E-state index contributed by atoms with van der Waals surface area (Å²) in [6.07, 6.45) is 0.325. The van der Waals surface area contributed by atoms with Crippen molar-refractivity contribution in [1.82, 2.24) is 10.3 Å². The number of hydrogen-bond donors (Lipinski definition) is 2. The van der Waals surface area contributed by atoms with Crippen LogP contribution in [0.25, 0.3) is 11.3 Å². The van der Waals surface area contributed by atoms with Crippen molar-refractivity contribution < 1.29 is 9.53 Å². The quantitative estimate of drug-likeness (QED) is 0.909. The first kappa shape index (κ1) is 15.1. The molecule has 1 aromatic carbocycles. The van der Waals surface area contributed by atoms with Crippen LogP contribution in [-0.4, -0.2) is 36.7 Å². The van der Waals surface area contributed by atoms with E-state index in [0.29, 0.717) is 13.0 Å². The van der Waals surface area contributed by atoms with Crippen molar-refractivity contribution in [2.75, 3.05) is 25.0 Å². The smallest absolute Gasteiger partial charge is 0.227 e. The van der Waals surface area contributed by atoms with E-state index in [2.05, 4.69) is 15.6 Å². The predicted molar refractivity (Wildman–Crippen MR) is 88.1 cm³/mol. The Hall–Kier alpha value is -1.76. The van der Waals surface area contributed by atoms with Gasteiger partial charge in [-0.15, -0.1) is 11.3 Å². The van der Waals surface area contributed by atoms with Crippen LogP contribution in [0.1, 0.15) is 11.4 Å². The molecule has 0 radical (unpaired) electrons. The average Bonchev–Trinajstić information content (AvgIpc) is 2.95. The van der Waals surface area contributed by atoms with Crippen LogP contribution in [-0.2, 0) is 9.53 Å². The molecule has 0 aliphatic carbocycles. The van der Waals surface area contributed by atoms with E-state index in [1.807, 2.05) is 36.6 Å². The topological polar surface area (TPSA) is 63.2 Å². The maximum atomic E-state index is 12.1. The molecule has 1 atom stereocenters. The molecule has 22 heavy (non-hydrogen) atoms. The number of aryl methyl sites for hydroxylation is 1. The van der Waals surface area contributed by atoms with E-state index >= 15 is 0 Å². The number of hydrogen-bond acceptors (Lipinski definition) is 5. The highest BCUT2D eigenvalue weighted by atomic mass is 32.1. The van der Waals surface area contributed by atoms with Gasteiger partial charge in [-0.3, -0.25) is 4.79 Å². The van der Waals surface area contributed by atoms with Gasteiger partial charge >= 0.3 is 0 Å². The third kappa shape index (κ3) is 3.91.